The highest BCUT2D eigenvalue weighted by Crippen LogP contribution is 2.31. The molecule has 1 heterocycles. The minimum atomic E-state index is -0.250. The Bertz CT molecular complexity index is 530. The maximum atomic E-state index is 9.66. The van der Waals surface area contributed by atoms with E-state index in [9.17, 15) is 5.11 Å². The zero-order valence-electron chi connectivity index (χ0n) is 9.36. The van der Waals surface area contributed by atoms with Gasteiger partial charge in [-0.15, -0.1) is 0 Å². The summed E-state index contributed by atoms with van der Waals surface area (Å²) in [5.74, 6) is 0. The lowest BCUT2D eigenvalue weighted by atomic mass is 10.0. The highest BCUT2D eigenvalue weighted by molar-refractivity contribution is 5.84. The molecule has 3 nitrogen and oxygen atoms in total. The number of rotatable bonds is 2. The lowest BCUT2D eigenvalue weighted by Crippen LogP contribution is -2.03. The first-order valence-electron chi connectivity index (χ1n) is 5.86. The number of benzene rings is 1. The number of aromatic nitrogens is 1. The molecule has 0 amide bonds. The van der Waals surface area contributed by atoms with Crippen LogP contribution in [0.2, 0.25) is 0 Å². The summed E-state index contributed by atoms with van der Waals surface area (Å²) in [7, 11) is 0. The van der Waals surface area contributed by atoms with Crippen molar-refractivity contribution in [3.05, 3.63) is 29.0 Å². The molecule has 0 aliphatic heterocycles. The molecule has 0 saturated heterocycles. The number of nitrogens with zero attached hydrogens (tertiary/aromatic N) is 1. The van der Waals surface area contributed by atoms with E-state index in [0.29, 0.717) is 6.42 Å². The van der Waals surface area contributed by atoms with Crippen molar-refractivity contribution in [3.8, 4) is 0 Å². The predicted octanol–water partition coefficient (Wildman–Crippen LogP) is 2.24. The van der Waals surface area contributed by atoms with Gasteiger partial charge in [-0.1, -0.05) is 24.6 Å². The summed E-state index contributed by atoms with van der Waals surface area (Å²) in [5, 5.41) is 14.9. The molecule has 0 fully saturated rings. The number of aliphatic hydroxyl groups excluding tert-OH is 1. The van der Waals surface area contributed by atoms with Crippen molar-refractivity contribution in [3.63, 3.8) is 0 Å². The van der Waals surface area contributed by atoms with E-state index < -0.39 is 0 Å². The zero-order chi connectivity index (χ0) is 11.1. The van der Waals surface area contributed by atoms with Crippen molar-refractivity contribution in [2.75, 3.05) is 0 Å². The van der Waals surface area contributed by atoms with Crippen molar-refractivity contribution in [1.29, 1.82) is 0 Å². The van der Waals surface area contributed by atoms with Crippen molar-refractivity contribution in [2.24, 2.45) is 0 Å². The molecule has 16 heavy (non-hydrogen) atoms. The largest absolute Gasteiger partial charge is 0.392 e. The summed E-state index contributed by atoms with van der Waals surface area (Å²) in [6, 6.07) is 4.18. The normalized spacial score (nSPS) is 19.2. The Kier molecular flexibility index (Phi) is 2.21. The van der Waals surface area contributed by atoms with E-state index in [-0.39, 0.29) is 6.10 Å². The molecule has 0 bridgehead atoms. The minimum Gasteiger partial charge on any atom is -0.392 e. The standard InChI is InChI=1S/C13H15NO2/c1-2-3-12-10-5-4-8-6-9(15)7-11(8)13(10)16-14-12/h4-5,9,15H,2-3,6-7H2,1H3. The van der Waals surface area contributed by atoms with E-state index in [1.807, 2.05) is 0 Å². The van der Waals surface area contributed by atoms with Gasteiger partial charge in [0.05, 0.1) is 11.8 Å². The van der Waals surface area contributed by atoms with Crippen LogP contribution in [0.25, 0.3) is 11.0 Å². The summed E-state index contributed by atoms with van der Waals surface area (Å²) in [4.78, 5) is 0. The fourth-order valence-corrected chi connectivity index (χ4v) is 2.54. The van der Waals surface area contributed by atoms with Crippen LogP contribution in [-0.2, 0) is 19.3 Å². The third-order valence-electron chi connectivity index (χ3n) is 3.30. The van der Waals surface area contributed by atoms with E-state index >= 15 is 0 Å². The van der Waals surface area contributed by atoms with Gasteiger partial charge >= 0.3 is 0 Å². The third kappa shape index (κ3) is 1.35. The first-order chi connectivity index (χ1) is 7.79. The Morgan fingerprint density at radius 1 is 1.44 bits per heavy atom. The summed E-state index contributed by atoms with van der Waals surface area (Å²) >= 11 is 0. The zero-order valence-corrected chi connectivity index (χ0v) is 9.36. The lowest BCUT2D eigenvalue weighted by molar-refractivity contribution is 0.187. The molecule has 1 atom stereocenters. The van der Waals surface area contributed by atoms with E-state index in [4.69, 9.17) is 4.52 Å². The molecule has 1 aliphatic rings. The van der Waals surface area contributed by atoms with Crippen LogP contribution in [0.1, 0.15) is 30.2 Å². The average molecular weight is 217 g/mol. The van der Waals surface area contributed by atoms with Crippen LogP contribution in [0.4, 0.5) is 0 Å². The molecule has 3 heteroatoms. The van der Waals surface area contributed by atoms with Gasteiger partial charge in [0.25, 0.3) is 0 Å². The van der Waals surface area contributed by atoms with Gasteiger partial charge in [-0.3, -0.25) is 0 Å². The minimum absolute atomic E-state index is 0.250. The van der Waals surface area contributed by atoms with E-state index in [1.54, 1.807) is 0 Å². The van der Waals surface area contributed by atoms with Gasteiger partial charge in [0.1, 0.15) is 0 Å². The van der Waals surface area contributed by atoms with Crippen LogP contribution in [-0.4, -0.2) is 16.4 Å². The van der Waals surface area contributed by atoms with Gasteiger partial charge in [-0.2, -0.15) is 0 Å². The van der Waals surface area contributed by atoms with Gasteiger partial charge in [0, 0.05) is 17.4 Å². The number of fused-ring (bicyclic) bond motifs is 3. The molecule has 3 rings (SSSR count). The van der Waals surface area contributed by atoms with Gasteiger partial charge in [0.2, 0.25) is 0 Å². The Morgan fingerprint density at radius 3 is 3.12 bits per heavy atom. The first kappa shape index (κ1) is 9.85. The van der Waals surface area contributed by atoms with Gasteiger partial charge in [0.15, 0.2) is 5.58 Å². The maximum Gasteiger partial charge on any atom is 0.170 e. The predicted molar refractivity (Wildman–Crippen MR) is 61.4 cm³/mol. The Labute approximate surface area is 94.1 Å². The molecular weight excluding hydrogens is 202 g/mol. The number of aliphatic hydroxyl groups is 1. The van der Waals surface area contributed by atoms with Gasteiger partial charge in [-0.25, -0.2) is 0 Å². The van der Waals surface area contributed by atoms with Crippen molar-refractivity contribution >= 4 is 11.0 Å². The Balaban J connectivity index is 2.17. The molecule has 1 unspecified atom stereocenters. The van der Waals surface area contributed by atoms with Crippen LogP contribution in [0.15, 0.2) is 16.7 Å². The number of hydrogen-bond donors (Lipinski definition) is 1. The molecule has 1 aromatic heterocycles. The summed E-state index contributed by atoms with van der Waals surface area (Å²) < 4.78 is 5.43. The average Bonchev–Trinajstić information content (AvgIpc) is 2.81. The highest BCUT2D eigenvalue weighted by Gasteiger charge is 2.24. The second kappa shape index (κ2) is 3.59. The summed E-state index contributed by atoms with van der Waals surface area (Å²) in [6.45, 7) is 2.14. The van der Waals surface area contributed by atoms with Crippen LogP contribution >= 0.6 is 0 Å². The van der Waals surface area contributed by atoms with Crippen LogP contribution in [0.3, 0.4) is 0 Å². The summed E-state index contributed by atoms with van der Waals surface area (Å²) in [6.07, 6.45) is 3.22. The molecule has 1 aromatic carbocycles. The van der Waals surface area contributed by atoms with E-state index in [2.05, 4.69) is 24.2 Å². The highest BCUT2D eigenvalue weighted by atomic mass is 16.5. The van der Waals surface area contributed by atoms with Gasteiger partial charge in [-0.05, 0) is 24.5 Å². The second-order valence-electron chi connectivity index (χ2n) is 4.52. The quantitative estimate of drug-likeness (QED) is 0.839. The van der Waals surface area contributed by atoms with E-state index in [0.717, 1.165) is 41.5 Å². The van der Waals surface area contributed by atoms with Gasteiger partial charge < -0.3 is 9.63 Å². The Hall–Kier alpha value is -1.35. The second-order valence-corrected chi connectivity index (χ2v) is 4.52. The topological polar surface area (TPSA) is 46.3 Å². The molecule has 0 radical (unpaired) electrons. The molecule has 1 aliphatic carbocycles. The lowest BCUT2D eigenvalue weighted by Gasteiger charge is -1.98. The maximum absolute atomic E-state index is 9.66. The van der Waals surface area contributed by atoms with Crippen LogP contribution < -0.4 is 0 Å². The number of hydrogen-bond acceptors (Lipinski definition) is 3. The van der Waals surface area contributed by atoms with Crippen molar-refractivity contribution < 1.29 is 9.63 Å². The fraction of sp³-hybridized carbons (Fsp3) is 0.462. The summed E-state index contributed by atoms with van der Waals surface area (Å²) in [5.41, 5.74) is 4.29. The molecule has 0 spiro atoms. The Morgan fingerprint density at radius 2 is 2.31 bits per heavy atom. The monoisotopic (exact) mass is 217 g/mol. The smallest absolute Gasteiger partial charge is 0.170 e. The fourth-order valence-electron chi connectivity index (χ4n) is 2.54. The molecule has 0 saturated carbocycles. The molecule has 1 N–H and O–H groups in total. The molecular formula is C13H15NO2. The molecule has 2 aromatic rings. The first-order valence-corrected chi connectivity index (χ1v) is 5.86. The number of aryl methyl sites for hydroxylation is 1. The van der Waals surface area contributed by atoms with Crippen LogP contribution in [0, 0.1) is 0 Å². The van der Waals surface area contributed by atoms with Crippen molar-refractivity contribution in [1.82, 2.24) is 5.16 Å². The molecule has 84 valence electrons. The van der Waals surface area contributed by atoms with E-state index in [1.165, 1.54) is 5.56 Å². The SMILES string of the molecule is CCCc1noc2c3c(ccc12)CC(O)C3. The third-order valence-corrected chi connectivity index (χ3v) is 3.30. The van der Waals surface area contributed by atoms with Crippen molar-refractivity contribution in [2.45, 2.75) is 38.7 Å². The van der Waals surface area contributed by atoms with Crippen LogP contribution in [0.5, 0.6) is 0 Å².